The van der Waals surface area contributed by atoms with Crippen molar-refractivity contribution in [1.29, 1.82) is 0 Å². The molecule has 4 aromatic heterocycles. The van der Waals surface area contributed by atoms with Gasteiger partial charge in [0.2, 0.25) is 0 Å². The fraction of sp³-hybridized carbons (Fsp3) is 0.309. The van der Waals surface area contributed by atoms with E-state index in [1.54, 1.807) is 59.4 Å². The fourth-order valence-electron chi connectivity index (χ4n) is 10.4. The van der Waals surface area contributed by atoms with Gasteiger partial charge in [-0.05, 0) is 144 Å². The standard InChI is InChI=1S/C55H56B2F4N4S2/c1-3-5-7-9-11-13-31-55(32-14-12-10-8-6-4-2)43-37-39(49-27-29-51(66-49)53(45-19-15-33-62-45)47-21-17-35-64(47)56(58)59)23-25-41(43)42-26-24-40(38-44(42)55)50-28-30-52(67-50)54(46-20-16-34-63-46)48-22-18-36-65(48)57(60)61/h15-30,33-38H,3-14,31-32H2,1-2H3/b53-45-,54-46-. The molecule has 0 amide bonds. The highest BCUT2D eigenvalue weighted by molar-refractivity contribution is 7.17. The lowest BCUT2D eigenvalue weighted by atomic mass is 9.70. The second kappa shape index (κ2) is 21.2. The van der Waals surface area contributed by atoms with Gasteiger partial charge in [0.15, 0.2) is 0 Å². The number of aliphatic imine (C=N–C) groups is 2. The number of rotatable bonds is 22. The van der Waals surface area contributed by atoms with Crippen molar-refractivity contribution in [3.8, 4) is 32.0 Å². The predicted molar refractivity (Wildman–Crippen MR) is 278 cm³/mol. The van der Waals surface area contributed by atoms with Crippen LogP contribution in [0.25, 0.3) is 43.2 Å². The molecule has 0 spiro atoms. The van der Waals surface area contributed by atoms with Crippen LogP contribution < -0.4 is 0 Å². The predicted octanol–water partition coefficient (Wildman–Crippen LogP) is 16.9. The van der Waals surface area contributed by atoms with Gasteiger partial charge in [-0.3, -0.25) is 27.2 Å². The number of halogens is 4. The molecule has 67 heavy (non-hydrogen) atoms. The minimum absolute atomic E-state index is 0.213. The number of thiophene rings is 2. The Morgan fingerprint density at radius 3 is 1.37 bits per heavy atom. The van der Waals surface area contributed by atoms with E-state index in [0.717, 1.165) is 65.3 Å². The number of benzene rings is 2. The number of allylic oxidation sites excluding steroid dienone is 4. The fourth-order valence-corrected chi connectivity index (χ4v) is 12.5. The molecule has 0 saturated heterocycles. The van der Waals surface area contributed by atoms with Crippen LogP contribution in [0.2, 0.25) is 0 Å². The number of nitrogens with zero attached hydrogens (tertiary/aromatic N) is 4. The summed E-state index contributed by atoms with van der Waals surface area (Å²) in [5.41, 5.74) is 11.0. The van der Waals surface area contributed by atoms with Crippen molar-refractivity contribution in [3.63, 3.8) is 0 Å². The molecule has 2 aromatic carbocycles. The largest absolute Gasteiger partial charge is 0.677 e. The molecule has 0 atom stereocenters. The van der Waals surface area contributed by atoms with E-state index in [1.807, 2.05) is 24.3 Å². The number of hydrogen-bond donors (Lipinski definition) is 0. The van der Waals surface area contributed by atoms with Gasteiger partial charge in [0.1, 0.15) is 0 Å². The van der Waals surface area contributed by atoms with Crippen LogP contribution in [0.3, 0.4) is 0 Å². The van der Waals surface area contributed by atoms with E-state index in [-0.39, 0.29) is 5.41 Å². The highest BCUT2D eigenvalue weighted by atomic mass is 32.1. The van der Waals surface area contributed by atoms with E-state index in [9.17, 15) is 17.3 Å². The smallest absolute Gasteiger partial charge is 0.332 e. The summed E-state index contributed by atoms with van der Waals surface area (Å²) in [6.45, 7) is 4.53. The monoisotopic (exact) mass is 934 g/mol. The van der Waals surface area contributed by atoms with Crippen molar-refractivity contribution in [2.75, 3.05) is 0 Å². The van der Waals surface area contributed by atoms with E-state index in [1.165, 1.54) is 98.9 Å². The summed E-state index contributed by atoms with van der Waals surface area (Å²) >= 11 is 3.24. The Morgan fingerprint density at radius 2 is 0.970 bits per heavy atom. The van der Waals surface area contributed by atoms with Gasteiger partial charge in [0.25, 0.3) is 0 Å². The topological polar surface area (TPSA) is 34.6 Å². The number of fused-ring (bicyclic) bond motifs is 3. The zero-order valence-electron chi connectivity index (χ0n) is 38.4. The lowest BCUT2D eigenvalue weighted by molar-refractivity contribution is 0.398. The van der Waals surface area contributed by atoms with E-state index < -0.39 is 14.8 Å². The minimum Gasteiger partial charge on any atom is -0.332 e. The zero-order valence-corrected chi connectivity index (χ0v) is 40.0. The molecule has 0 fully saturated rings. The minimum atomic E-state index is -2.67. The van der Waals surface area contributed by atoms with E-state index >= 15 is 0 Å². The van der Waals surface area contributed by atoms with E-state index in [4.69, 9.17) is 0 Å². The summed E-state index contributed by atoms with van der Waals surface area (Å²) in [6, 6.07) is 29.2. The summed E-state index contributed by atoms with van der Waals surface area (Å²) in [6.07, 6.45) is 30.4. The van der Waals surface area contributed by atoms with Crippen LogP contribution in [0.1, 0.15) is 136 Å². The molecule has 0 radical (unpaired) electrons. The zero-order chi connectivity index (χ0) is 46.3. The van der Waals surface area contributed by atoms with Gasteiger partial charge >= 0.3 is 14.8 Å². The van der Waals surface area contributed by atoms with Gasteiger partial charge in [-0.2, -0.15) is 0 Å². The Kier molecular flexibility index (Phi) is 14.8. The Hall–Kier alpha value is -5.45. The quantitative estimate of drug-likeness (QED) is 0.0369. The molecule has 0 bridgehead atoms. The van der Waals surface area contributed by atoms with Gasteiger partial charge in [-0.15, -0.1) is 22.7 Å². The highest BCUT2D eigenvalue weighted by Crippen LogP contribution is 2.56. The molecular weight excluding hydrogens is 878 g/mol. The van der Waals surface area contributed by atoms with Crippen molar-refractivity contribution in [1.82, 2.24) is 8.96 Å². The van der Waals surface area contributed by atoms with Crippen molar-refractivity contribution in [3.05, 3.63) is 165 Å². The van der Waals surface area contributed by atoms with Crippen molar-refractivity contribution < 1.29 is 17.3 Å². The van der Waals surface area contributed by atoms with Crippen molar-refractivity contribution >= 4 is 61.1 Å². The number of aromatic nitrogens is 2. The highest BCUT2D eigenvalue weighted by Gasteiger charge is 2.43. The van der Waals surface area contributed by atoms with Crippen LogP contribution in [0.5, 0.6) is 0 Å². The van der Waals surface area contributed by atoms with Crippen LogP contribution in [-0.2, 0) is 5.41 Å². The Morgan fingerprint density at radius 1 is 0.537 bits per heavy atom. The number of unbranched alkanes of at least 4 members (excludes halogenated alkanes) is 10. The molecule has 2 aliphatic heterocycles. The van der Waals surface area contributed by atoms with Gasteiger partial charge in [0.05, 0.1) is 11.4 Å². The van der Waals surface area contributed by atoms with E-state index in [0.29, 0.717) is 33.9 Å². The lowest BCUT2D eigenvalue weighted by Crippen LogP contribution is -2.25. The van der Waals surface area contributed by atoms with Gasteiger partial charge < -0.3 is 8.96 Å². The Balaban J connectivity index is 1.13. The van der Waals surface area contributed by atoms with Gasteiger partial charge in [-0.25, -0.2) is 0 Å². The Bertz CT molecular complexity index is 2670. The molecular formula is C55H56B2F4N4S2. The maximum absolute atomic E-state index is 14.3. The summed E-state index contributed by atoms with van der Waals surface area (Å²) in [4.78, 5) is 13.1. The summed E-state index contributed by atoms with van der Waals surface area (Å²) < 4.78 is 59.2. The maximum Gasteiger partial charge on any atom is 0.677 e. The van der Waals surface area contributed by atoms with Crippen LogP contribution >= 0.6 is 22.7 Å². The molecule has 12 heteroatoms. The Labute approximate surface area is 401 Å². The first-order chi connectivity index (χ1) is 32.8. The van der Waals surface area contributed by atoms with Crippen LogP contribution in [0, 0.1) is 0 Å². The molecule has 6 heterocycles. The third-order valence-electron chi connectivity index (χ3n) is 13.7. The third-order valence-corrected chi connectivity index (χ3v) is 16.0. The first-order valence-corrected chi connectivity index (χ1v) is 25.8. The molecule has 0 unspecified atom stereocenters. The molecule has 342 valence electrons. The molecule has 9 rings (SSSR count). The van der Waals surface area contributed by atoms with Crippen LogP contribution in [-0.4, -0.2) is 36.2 Å². The van der Waals surface area contributed by atoms with Crippen molar-refractivity contribution in [2.24, 2.45) is 9.98 Å². The molecule has 1 aliphatic carbocycles. The molecule has 3 aliphatic rings. The average molecular weight is 935 g/mol. The lowest BCUT2D eigenvalue weighted by Gasteiger charge is -2.33. The van der Waals surface area contributed by atoms with Crippen LogP contribution in [0.15, 0.2) is 143 Å². The van der Waals surface area contributed by atoms with Crippen molar-refractivity contribution in [2.45, 2.75) is 109 Å². The third kappa shape index (κ3) is 9.66. The van der Waals surface area contributed by atoms with Gasteiger partial charge in [-0.1, -0.05) is 115 Å². The van der Waals surface area contributed by atoms with Gasteiger partial charge in [0, 0.05) is 59.9 Å². The number of hydrogen-bond acceptors (Lipinski definition) is 4. The second-order valence-corrected chi connectivity index (χ2v) is 20.1. The normalized spacial score (nSPS) is 15.8. The van der Waals surface area contributed by atoms with E-state index in [2.05, 4.69) is 84.5 Å². The summed E-state index contributed by atoms with van der Waals surface area (Å²) in [5, 5.41) is 0. The summed E-state index contributed by atoms with van der Waals surface area (Å²) in [7, 11) is -5.35. The molecule has 0 saturated carbocycles. The first kappa shape index (κ1) is 46.7. The first-order valence-electron chi connectivity index (χ1n) is 24.1. The molecule has 4 nitrogen and oxygen atoms in total. The summed E-state index contributed by atoms with van der Waals surface area (Å²) in [5.74, 6) is 0. The maximum atomic E-state index is 14.3. The molecule has 6 aromatic rings. The van der Waals surface area contributed by atoms with Crippen LogP contribution in [0.4, 0.5) is 17.3 Å². The SMILES string of the molecule is CCCCCCCCC1(CCCCCCCC)c2cc(-c3ccc(/C(=C4/C=CC=N4)c4cccn4B(F)F)s3)ccc2-c2ccc(-c3ccc(/C(=C4/C=CC=N4)c4cccn4B(F)F)s3)cc21. The molecule has 0 N–H and O–H groups in total. The average Bonchev–Trinajstić information content (AvgIpc) is 4.20. The second-order valence-electron chi connectivity index (χ2n) is 17.9.